The highest BCUT2D eigenvalue weighted by atomic mass is 16.1. The smallest absolute Gasteiger partial charge is 0.251 e. The van der Waals surface area contributed by atoms with E-state index in [1.807, 2.05) is 24.3 Å². The van der Waals surface area contributed by atoms with Gasteiger partial charge in [-0.15, -0.1) is 0 Å². The van der Waals surface area contributed by atoms with E-state index in [2.05, 4.69) is 50.4 Å². The number of nitrogens with one attached hydrogen (secondary N) is 1. The van der Waals surface area contributed by atoms with E-state index in [1.54, 1.807) is 7.05 Å². The largest absolute Gasteiger partial charge is 0.355 e. The minimum atomic E-state index is -0.0265. The molecular formula is C19H23NO. The van der Waals surface area contributed by atoms with Crippen LogP contribution < -0.4 is 5.32 Å². The van der Waals surface area contributed by atoms with E-state index in [0.29, 0.717) is 0 Å². The molecule has 0 aromatic heterocycles. The highest BCUT2D eigenvalue weighted by Gasteiger charge is 2.17. The second-order valence-electron chi connectivity index (χ2n) is 6.36. The number of rotatable bonds is 3. The van der Waals surface area contributed by atoms with Crippen molar-refractivity contribution in [1.82, 2.24) is 5.32 Å². The Balaban J connectivity index is 2.46. The van der Waals surface area contributed by atoms with E-state index in [1.165, 1.54) is 11.1 Å². The molecule has 0 radical (unpaired) electrons. The van der Waals surface area contributed by atoms with Gasteiger partial charge >= 0.3 is 0 Å². The third-order valence-electron chi connectivity index (χ3n) is 3.68. The summed E-state index contributed by atoms with van der Waals surface area (Å²) in [6.07, 6.45) is 0.771. The lowest BCUT2D eigenvalue weighted by Crippen LogP contribution is -2.21. The van der Waals surface area contributed by atoms with Crippen LogP contribution in [0.2, 0.25) is 0 Å². The van der Waals surface area contributed by atoms with E-state index in [0.717, 1.165) is 17.5 Å². The molecule has 110 valence electrons. The van der Waals surface area contributed by atoms with Crippen molar-refractivity contribution < 1.29 is 4.79 Å². The van der Waals surface area contributed by atoms with Crippen LogP contribution in [0.4, 0.5) is 0 Å². The van der Waals surface area contributed by atoms with Crippen molar-refractivity contribution in [1.29, 1.82) is 0 Å². The molecule has 2 rings (SSSR count). The fourth-order valence-corrected chi connectivity index (χ4v) is 2.38. The molecule has 0 aliphatic carbocycles. The number of amides is 1. The Labute approximate surface area is 127 Å². The van der Waals surface area contributed by atoms with Crippen LogP contribution in [-0.4, -0.2) is 13.0 Å². The lowest BCUT2D eigenvalue weighted by Gasteiger charge is -2.21. The number of carbonyl (C=O) groups is 1. The Kier molecular flexibility index (Phi) is 4.46. The van der Waals surface area contributed by atoms with Crippen molar-refractivity contribution >= 4 is 5.91 Å². The summed E-state index contributed by atoms with van der Waals surface area (Å²) in [5.41, 5.74) is 4.38. The molecule has 0 unspecified atom stereocenters. The highest BCUT2D eigenvalue weighted by molar-refractivity contribution is 5.95. The topological polar surface area (TPSA) is 29.1 Å². The standard InChI is InChI=1S/C19H23NO/c1-19(2,3)16-10-11-17(18(21)20-4)15(13-16)12-14-8-6-5-7-9-14/h5-11,13H,12H2,1-4H3,(H,20,21). The molecule has 0 atom stereocenters. The third-order valence-corrected chi connectivity index (χ3v) is 3.68. The first-order valence-corrected chi connectivity index (χ1v) is 7.31. The minimum Gasteiger partial charge on any atom is -0.355 e. The maximum Gasteiger partial charge on any atom is 0.251 e. The minimum absolute atomic E-state index is 0.0265. The van der Waals surface area contributed by atoms with Gasteiger partial charge in [0.05, 0.1) is 0 Å². The highest BCUT2D eigenvalue weighted by Crippen LogP contribution is 2.26. The van der Waals surface area contributed by atoms with Crippen LogP contribution in [0.1, 0.15) is 47.8 Å². The zero-order chi connectivity index (χ0) is 15.5. The molecule has 2 aromatic rings. The van der Waals surface area contributed by atoms with Gasteiger partial charge in [0.2, 0.25) is 0 Å². The van der Waals surface area contributed by atoms with Crippen molar-refractivity contribution in [3.63, 3.8) is 0 Å². The normalized spacial score (nSPS) is 11.2. The Hall–Kier alpha value is -2.09. The van der Waals surface area contributed by atoms with Gasteiger partial charge in [0.1, 0.15) is 0 Å². The first-order valence-electron chi connectivity index (χ1n) is 7.31. The fourth-order valence-electron chi connectivity index (χ4n) is 2.38. The van der Waals surface area contributed by atoms with Crippen LogP contribution in [0.25, 0.3) is 0 Å². The van der Waals surface area contributed by atoms with Gasteiger partial charge in [-0.3, -0.25) is 4.79 Å². The molecule has 0 bridgehead atoms. The maximum absolute atomic E-state index is 12.1. The summed E-state index contributed by atoms with van der Waals surface area (Å²) < 4.78 is 0. The first-order chi connectivity index (χ1) is 9.91. The van der Waals surface area contributed by atoms with Gasteiger partial charge in [-0.2, -0.15) is 0 Å². The molecule has 0 saturated carbocycles. The van der Waals surface area contributed by atoms with Gasteiger partial charge in [-0.05, 0) is 34.6 Å². The third kappa shape index (κ3) is 3.72. The average molecular weight is 281 g/mol. The van der Waals surface area contributed by atoms with E-state index >= 15 is 0 Å². The Morgan fingerprint density at radius 3 is 2.29 bits per heavy atom. The van der Waals surface area contributed by atoms with Crippen LogP contribution in [0.5, 0.6) is 0 Å². The van der Waals surface area contributed by atoms with E-state index in [4.69, 9.17) is 0 Å². The predicted molar refractivity (Wildman–Crippen MR) is 87.8 cm³/mol. The van der Waals surface area contributed by atoms with Gasteiger partial charge in [0.15, 0.2) is 0 Å². The summed E-state index contributed by atoms with van der Waals surface area (Å²) in [7, 11) is 1.67. The van der Waals surface area contributed by atoms with Crippen LogP contribution in [-0.2, 0) is 11.8 Å². The van der Waals surface area contributed by atoms with Crippen molar-refractivity contribution in [2.45, 2.75) is 32.6 Å². The molecule has 0 aliphatic rings. The van der Waals surface area contributed by atoms with Crippen LogP contribution >= 0.6 is 0 Å². The van der Waals surface area contributed by atoms with Crippen LogP contribution in [0.3, 0.4) is 0 Å². The average Bonchev–Trinajstić information content (AvgIpc) is 2.46. The SMILES string of the molecule is CNC(=O)c1ccc(C(C)(C)C)cc1Cc1ccccc1. The van der Waals surface area contributed by atoms with Gasteiger partial charge in [-0.25, -0.2) is 0 Å². The molecule has 2 nitrogen and oxygen atoms in total. The Morgan fingerprint density at radius 1 is 1.05 bits per heavy atom. The molecule has 0 spiro atoms. The number of hydrogen-bond acceptors (Lipinski definition) is 1. The van der Waals surface area contributed by atoms with Crippen LogP contribution in [0.15, 0.2) is 48.5 Å². The Bertz CT molecular complexity index is 624. The van der Waals surface area contributed by atoms with Gasteiger partial charge in [0, 0.05) is 12.6 Å². The van der Waals surface area contributed by atoms with E-state index < -0.39 is 0 Å². The molecule has 21 heavy (non-hydrogen) atoms. The molecule has 2 heteroatoms. The maximum atomic E-state index is 12.1. The molecular weight excluding hydrogens is 258 g/mol. The molecule has 2 aromatic carbocycles. The van der Waals surface area contributed by atoms with Crippen LogP contribution in [0, 0.1) is 0 Å². The zero-order valence-corrected chi connectivity index (χ0v) is 13.2. The van der Waals surface area contributed by atoms with Crippen molar-refractivity contribution in [2.75, 3.05) is 7.05 Å². The monoisotopic (exact) mass is 281 g/mol. The van der Waals surface area contributed by atoms with E-state index in [-0.39, 0.29) is 11.3 Å². The molecule has 0 heterocycles. The zero-order valence-electron chi connectivity index (χ0n) is 13.2. The lowest BCUT2D eigenvalue weighted by molar-refractivity contribution is 0.0962. The lowest BCUT2D eigenvalue weighted by atomic mass is 9.84. The number of carbonyl (C=O) groups excluding carboxylic acids is 1. The molecule has 0 saturated heterocycles. The summed E-state index contributed by atoms with van der Waals surface area (Å²) in [5.74, 6) is -0.0265. The summed E-state index contributed by atoms with van der Waals surface area (Å²) in [4.78, 5) is 12.1. The first kappa shape index (κ1) is 15.3. The Morgan fingerprint density at radius 2 is 1.71 bits per heavy atom. The molecule has 1 amide bonds. The van der Waals surface area contributed by atoms with E-state index in [9.17, 15) is 4.79 Å². The van der Waals surface area contributed by atoms with Gasteiger partial charge < -0.3 is 5.32 Å². The summed E-state index contributed by atoms with van der Waals surface area (Å²) in [5, 5.41) is 2.73. The summed E-state index contributed by atoms with van der Waals surface area (Å²) in [6, 6.07) is 16.4. The predicted octanol–water partition coefficient (Wildman–Crippen LogP) is 3.93. The number of hydrogen-bond donors (Lipinski definition) is 1. The number of benzene rings is 2. The quantitative estimate of drug-likeness (QED) is 0.907. The second kappa shape index (κ2) is 6.13. The summed E-state index contributed by atoms with van der Waals surface area (Å²) >= 11 is 0. The van der Waals surface area contributed by atoms with Crippen molar-refractivity contribution in [2.24, 2.45) is 0 Å². The second-order valence-corrected chi connectivity index (χ2v) is 6.36. The molecule has 0 fully saturated rings. The van der Waals surface area contributed by atoms with Crippen molar-refractivity contribution in [3.8, 4) is 0 Å². The fraction of sp³-hybridized carbons (Fsp3) is 0.316. The van der Waals surface area contributed by atoms with Gasteiger partial charge in [0.25, 0.3) is 5.91 Å². The molecule has 1 N–H and O–H groups in total. The van der Waals surface area contributed by atoms with Crippen molar-refractivity contribution in [3.05, 3.63) is 70.8 Å². The molecule has 0 aliphatic heterocycles. The summed E-state index contributed by atoms with van der Waals surface area (Å²) in [6.45, 7) is 6.57. The van der Waals surface area contributed by atoms with Gasteiger partial charge in [-0.1, -0.05) is 63.2 Å².